The zero-order valence-electron chi connectivity index (χ0n) is 12.4. The third kappa shape index (κ3) is 2.73. The third-order valence-corrected chi connectivity index (χ3v) is 3.92. The van der Waals surface area contributed by atoms with Gasteiger partial charge in [0.05, 0.1) is 12.1 Å². The minimum absolute atomic E-state index is 0.0282. The molecule has 0 saturated heterocycles. The lowest BCUT2D eigenvalue weighted by Crippen LogP contribution is -2.36. The Labute approximate surface area is 132 Å². The van der Waals surface area contributed by atoms with Crippen molar-refractivity contribution in [1.29, 1.82) is 0 Å². The van der Waals surface area contributed by atoms with Gasteiger partial charge < -0.3 is 9.32 Å². The van der Waals surface area contributed by atoms with Crippen molar-refractivity contribution in [2.24, 2.45) is 0 Å². The van der Waals surface area contributed by atoms with Crippen LogP contribution in [-0.2, 0) is 13.0 Å². The quantitative estimate of drug-likeness (QED) is 0.845. The highest BCUT2D eigenvalue weighted by molar-refractivity contribution is 6.30. The summed E-state index contributed by atoms with van der Waals surface area (Å²) in [5.74, 6) is 0.741. The first-order chi connectivity index (χ1) is 10.5. The predicted molar refractivity (Wildman–Crippen MR) is 80.4 cm³/mol. The molecule has 1 amide bonds. The van der Waals surface area contributed by atoms with Gasteiger partial charge in [-0.15, -0.1) is 0 Å². The molecule has 4 nitrogen and oxygen atoms in total. The molecule has 1 aliphatic heterocycles. The lowest BCUT2D eigenvalue weighted by molar-refractivity contribution is 0.0723. The molecular weight excluding hydrogens is 307 g/mol. The highest BCUT2D eigenvalue weighted by Gasteiger charge is 2.27. The number of aromatic nitrogens is 1. The minimum Gasteiger partial charge on any atom is -0.445 e. The first-order valence-corrected chi connectivity index (χ1v) is 7.56. The van der Waals surface area contributed by atoms with Gasteiger partial charge in [0.15, 0.2) is 5.89 Å². The van der Waals surface area contributed by atoms with Crippen LogP contribution < -0.4 is 0 Å². The molecule has 2 heterocycles. The normalized spacial score (nSPS) is 14.3. The summed E-state index contributed by atoms with van der Waals surface area (Å²) < 4.78 is 19.6. The molecule has 0 bridgehead atoms. The number of fused-ring (bicyclic) bond motifs is 1. The van der Waals surface area contributed by atoms with E-state index >= 15 is 0 Å². The number of amides is 1. The van der Waals surface area contributed by atoms with Gasteiger partial charge in [-0.2, -0.15) is 0 Å². The standard InChI is InChI=1S/C16H16ClFN2O2/c1-9(2)15-19-13-8-20(6-5-14(13)22-15)16(21)11-4-3-10(17)7-12(11)18/h3-4,7,9H,5-6,8H2,1-2H3. The zero-order chi connectivity index (χ0) is 15.9. The highest BCUT2D eigenvalue weighted by atomic mass is 35.5. The Bertz CT molecular complexity index is 727. The summed E-state index contributed by atoms with van der Waals surface area (Å²) in [6.07, 6.45) is 0.593. The third-order valence-electron chi connectivity index (χ3n) is 3.69. The predicted octanol–water partition coefficient (Wildman–Crippen LogP) is 3.79. The Hall–Kier alpha value is -1.88. The van der Waals surface area contributed by atoms with Crippen molar-refractivity contribution in [3.63, 3.8) is 0 Å². The van der Waals surface area contributed by atoms with Crippen molar-refractivity contribution in [3.05, 3.63) is 51.9 Å². The molecule has 0 aliphatic carbocycles. The van der Waals surface area contributed by atoms with Crippen LogP contribution in [0.4, 0.5) is 4.39 Å². The van der Waals surface area contributed by atoms with Gasteiger partial charge >= 0.3 is 0 Å². The second kappa shape index (κ2) is 5.72. The molecule has 6 heteroatoms. The Morgan fingerprint density at radius 3 is 2.91 bits per heavy atom. The molecule has 0 atom stereocenters. The number of halogens is 2. The van der Waals surface area contributed by atoms with Crippen LogP contribution in [0.2, 0.25) is 5.02 Å². The average molecular weight is 323 g/mol. The maximum atomic E-state index is 13.9. The lowest BCUT2D eigenvalue weighted by Gasteiger charge is -2.25. The molecular formula is C16H16ClFN2O2. The molecule has 1 aliphatic rings. The number of benzene rings is 1. The SMILES string of the molecule is CC(C)c1nc2c(o1)CCN(C(=O)c1ccc(Cl)cc1F)C2. The van der Waals surface area contributed by atoms with E-state index in [1.807, 2.05) is 13.8 Å². The van der Waals surface area contributed by atoms with E-state index in [0.29, 0.717) is 25.4 Å². The smallest absolute Gasteiger partial charge is 0.257 e. The van der Waals surface area contributed by atoms with E-state index in [0.717, 1.165) is 17.5 Å². The van der Waals surface area contributed by atoms with Crippen LogP contribution in [0.15, 0.2) is 22.6 Å². The number of oxazole rings is 1. The van der Waals surface area contributed by atoms with Gasteiger partial charge in [-0.25, -0.2) is 9.37 Å². The monoisotopic (exact) mass is 322 g/mol. The van der Waals surface area contributed by atoms with E-state index in [1.165, 1.54) is 12.1 Å². The van der Waals surface area contributed by atoms with Gasteiger partial charge in [0.25, 0.3) is 5.91 Å². The average Bonchev–Trinajstić information content (AvgIpc) is 2.89. The number of nitrogens with zero attached hydrogens (tertiary/aromatic N) is 2. The fraction of sp³-hybridized carbons (Fsp3) is 0.375. The van der Waals surface area contributed by atoms with E-state index < -0.39 is 5.82 Å². The number of carbonyl (C=O) groups is 1. The van der Waals surface area contributed by atoms with E-state index in [1.54, 1.807) is 4.90 Å². The summed E-state index contributed by atoms with van der Waals surface area (Å²) in [4.78, 5) is 18.5. The van der Waals surface area contributed by atoms with Crippen LogP contribution in [0.25, 0.3) is 0 Å². The molecule has 3 rings (SSSR count). The molecule has 0 fully saturated rings. The topological polar surface area (TPSA) is 46.3 Å². The van der Waals surface area contributed by atoms with Crippen molar-refractivity contribution in [1.82, 2.24) is 9.88 Å². The summed E-state index contributed by atoms with van der Waals surface area (Å²) in [6, 6.07) is 4.08. The Balaban J connectivity index is 1.83. The minimum atomic E-state index is -0.605. The Kier molecular flexibility index (Phi) is 3.91. The van der Waals surface area contributed by atoms with Gasteiger partial charge in [0.1, 0.15) is 17.3 Å². The molecule has 0 spiro atoms. The van der Waals surface area contributed by atoms with Gasteiger partial charge in [-0.05, 0) is 18.2 Å². The van der Waals surface area contributed by atoms with Crippen molar-refractivity contribution in [2.45, 2.75) is 32.7 Å². The second-order valence-corrected chi connectivity index (χ2v) is 6.11. The fourth-order valence-electron chi connectivity index (χ4n) is 2.47. The van der Waals surface area contributed by atoms with Crippen molar-refractivity contribution >= 4 is 17.5 Å². The number of hydrogen-bond acceptors (Lipinski definition) is 3. The molecule has 0 N–H and O–H groups in total. The van der Waals surface area contributed by atoms with Crippen molar-refractivity contribution in [3.8, 4) is 0 Å². The molecule has 1 aromatic heterocycles. The summed E-state index contributed by atoms with van der Waals surface area (Å²) in [7, 11) is 0. The van der Waals surface area contributed by atoms with Gasteiger partial charge in [-0.3, -0.25) is 4.79 Å². The van der Waals surface area contributed by atoms with Crippen LogP contribution in [0.5, 0.6) is 0 Å². The lowest BCUT2D eigenvalue weighted by atomic mass is 10.1. The van der Waals surface area contributed by atoms with Gasteiger partial charge in [0, 0.05) is 23.9 Å². The molecule has 0 unspecified atom stereocenters. The molecule has 22 heavy (non-hydrogen) atoms. The maximum Gasteiger partial charge on any atom is 0.257 e. The first kappa shape index (κ1) is 15.0. The van der Waals surface area contributed by atoms with Crippen molar-refractivity contribution < 1.29 is 13.6 Å². The van der Waals surface area contributed by atoms with E-state index in [9.17, 15) is 9.18 Å². The summed E-state index contributed by atoms with van der Waals surface area (Å²) in [5, 5.41) is 0.271. The number of rotatable bonds is 2. The van der Waals surface area contributed by atoms with Crippen LogP contribution in [0.3, 0.4) is 0 Å². The van der Waals surface area contributed by atoms with Gasteiger partial charge in [-0.1, -0.05) is 25.4 Å². The summed E-state index contributed by atoms with van der Waals surface area (Å²) in [5.41, 5.74) is 0.790. The Morgan fingerprint density at radius 2 is 2.23 bits per heavy atom. The first-order valence-electron chi connectivity index (χ1n) is 7.18. The summed E-state index contributed by atoms with van der Waals surface area (Å²) >= 11 is 5.72. The number of hydrogen-bond donors (Lipinski definition) is 0. The van der Waals surface area contributed by atoms with Crippen LogP contribution in [-0.4, -0.2) is 22.3 Å². The van der Waals surface area contributed by atoms with Crippen LogP contribution in [0, 0.1) is 5.82 Å². The van der Waals surface area contributed by atoms with E-state index in [4.69, 9.17) is 16.0 Å². The maximum absolute atomic E-state index is 13.9. The molecule has 1 aromatic carbocycles. The molecule has 0 radical (unpaired) electrons. The highest BCUT2D eigenvalue weighted by Crippen LogP contribution is 2.25. The zero-order valence-corrected chi connectivity index (χ0v) is 13.2. The van der Waals surface area contributed by atoms with Crippen molar-refractivity contribution in [2.75, 3.05) is 6.54 Å². The van der Waals surface area contributed by atoms with Gasteiger partial charge in [0.2, 0.25) is 0 Å². The van der Waals surface area contributed by atoms with E-state index in [2.05, 4.69) is 4.98 Å². The fourth-order valence-corrected chi connectivity index (χ4v) is 2.63. The van der Waals surface area contributed by atoms with Crippen LogP contribution in [0.1, 0.15) is 47.5 Å². The molecule has 2 aromatic rings. The number of carbonyl (C=O) groups excluding carboxylic acids is 1. The second-order valence-electron chi connectivity index (χ2n) is 5.68. The largest absolute Gasteiger partial charge is 0.445 e. The summed E-state index contributed by atoms with van der Waals surface area (Å²) in [6.45, 7) is 4.83. The van der Waals surface area contributed by atoms with E-state index in [-0.39, 0.29) is 22.4 Å². The molecule has 0 saturated carbocycles. The Morgan fingerprint density at radius 1 is 1.45 bits per heavy atom. The van der Waals surface area contributed by atoms with Crippen LogP contribution >= 0.6 is 11.6 Å². The molecule has 116 valence electrons.